The molecule has 2 aromatic carbocycles. The summed E-state index contributed by atoms with van der Waals surface area (Å²) in [7, 11) is 2.50. The van der Waals surface area contributed by atoms with Crippen molar-refractivity contribution in [3.05, 3.63) is 82.3 Å². The molecule has 2 aliphatic rings. The molecule has 47 heavy (non-hydrogen) atoms. The van der Waals surface area contributed by atoms with Crippen LogP contribution in [-0.4, -0.2) is 56.0 Å². The average Bonchev–Trinajstić information content (AvgIpc) is 3.03. The van der Waals surface area contributed by atoms with Crippen molar-refractivity contribution in [2.24, 2.45) is 10.9 Å². The molecule has 4 rings (SSSR count). The van der Waals surface area contributed by atoms with Crippen LogP contribution in [0.4, 0.5) is 24.5 Å². The third-order valence-electron chi connectivity index (χ3n) is 7.85. The van der Waals surface area contributed by atoms with Gasteiger partial charge in [0.25, 0.3) is 5.91 Å². The molecule has 2 N–H and O–H groups in total. The van der Waals surface area contributed by atoms with E-state index in [0.717, 1.165) is 36.6 Å². The summed E-state index contributed by atoms with van der Waals surface area (Å²) in [6.07, 6.45) is 6.29. The number of carbonyl (C=O) groups excluding carboxylic acids is 1. The number of hydrogen-bond donors (Lipinski definition) is 2. The molecule has 3 atom stereocenters. The number of anilines is 2. The zero-order chi connectivity index (χ0) is 34.6. The number of rotatable bonds is 10. The minimum atomic E-state index is -4.57. The highest BCUT2D eigenvalue weighted by Gasteiger charge is 2.36. The average molecular weight is 672 g/mol. The van der Waals surface area contributed by atoms with Gasteiger partial charge in [-0.3, -0.25) is 15.1 Å². The minimum absolute atomic E-state index is 0.0287. The maximum atomic E-state index is 14.1. The van der Waals surface area contributed by atoms with Gasteiger partial charge >= 0.3 is 6.18 Å². The molecule has 1 saturated heterocycles. The molecule has 258 valence electrons. The van der Waals surface area contributed by atoms with Gasteiger partial charge in [0.1, 0.15) is 0 Å². The summed E-state index contributed by atoms with van der Waals surface area (Å²) in [5.74, 6) is 0.0781. The number of benzene rings is 2. The zero-order valence-electron chi connectivity index (χ0n) is 29.0. The summed E-state index contributed by atoms with van der Waals surface area (Å²) in [6, 6.07) is 11.3. The van der Waals surface area contributed by atoms with Crippen LogP contribution >= 0.6 is 8.58 Å². The predicted molar refractivity (Wildman–Crippen MR) is 194 cm³/mol. The van der Waals surface area contributed by atoms with E-state index < -0.39 is 17.6 Å². The number of piperazine rings is 1. The fourth-order valence-electron chi connectivity index (χ4n) is 5.23. The molecular formula is C37H53F3N5OP. The lowest BCUT2D eigenvalue weighted by molar-refractivity contribution is -0.137. The number of carbonyl (C=O) groups is 1. The number of hydrogen-bond acceptors (Lipinski definition) is 5. The quantitative estimate of drug-likeness (QED) is 0.247. The topological polar surface area (TPSA) is 60.0 Å². The van der Waals surface area contributed by atoms with E-state index in [0.29, 0.717) is 46.4 Å². The normalized spacial score (nSPS) is 20.1. The van der Waals surface area contributed by atoms with E-state index in [1.54, 1.807) is 11.0 Å². The van der Waals surface area contributed by atoms with Gasteiger partial charge in [-0.2, -0.15) is 13.2 Å². The van der Waals surface area contributed by atoms with Crippen molar-refractivity contribution in [1.29, 1.82) is 0 Å². The Bertz CT molecular complexity index is 1400. The number of unbranched alkanes of at least 4 members (excludes halogenated alkanes) is 1. The molecule has 1 amide bonds. The summed E-state index contributed by atoms with van der Waals surface area (Å²) in [6.45, 7) is 15.3. The Morgan fingerprint density at radius 3 is 2.38 bits per heavy atom. The van der Waals surface area contributed by atoms with E-state index in [1.807, 2.05) is 31.5 Å². The summed E-state index contributed by atoms with van der Waals surface area (Å²) in [5, 5.41) is 7.75. The maximum absolute atomic E-state index is 14.1. The second kappa shape index (κ2) is 18.5. The third kappa shape index (κ3) is 11.9. The van der Waals surface area contributed by atoms with E-state index in [2.05, 4.69) is 69.2 Å². The van der Waals surface area contributed by atoms with Crippen LogP contribution in [0.25, 0.3) is 0 Å². The maximum Gasteiger partial charge on any atom is 0.418 e. The number of halogens is 3. The van der Waals surface area contributed by atoms with Gasteiger partial charge in [0.05, 0.1) is 17.0 Å². The van der Waals surface area contributed by atoms with Crippen molar-refractivity contribution in [3.8, 4) is 0 Å². The molecule has 3 unspecified atom stereocenters. The number of likely N-dealkylation sites (N-methyl/N-ethyl adjacent to an activating group) is 1. The smallest absolute Gasteiger partial charge is 0.368 e. The molecule has 10 heteroatoms. The minimum Gasteiger partial charge on any atom is -0.368 e. The van der Waals surface area contributed by atoms with Gasteiger partial charge in [0.15, 0.2) is 0 Å². The molecule has 0 saturated carbocycles. The van der Waals surface area contributed by atoms with Crippen LogP contribution in [0.1, 0.15) is 94.8 Å². The van der Waals surface area contributed by atoms with Crippen molar-refractivity contribution in [2.75, 3.05) is 43.4 Å². The largest absolute Gasteiger partial charge is 0.418 e. The van der Waals surface area contributed by atoms with Gasteiger partial charge in [-0.15, -0.1) is 0 Å². The van der Waals surface area contributed by atoms with Crippen molar-refractivity contribution >= 4 is 32.1 Å². The molecule has 2 heterocycles. The van der Waals surface area contributed by atoms with Crippen LogP contribution in [0.15, 0.2) is 70.6 Å². The first-order valence-electron chi connectivity index (χ1n) is 16.9. The number of amides is 1. The van der Waals surface area contributed by atoms with Crippen LogP contribution in [0.2, 0.25) is 0 Å². The molecule has 2 aromatic rings. The standard InChI is InChI=1S/C34H45F3N5OP.C3H8/c1-6-7-11-29-31(15-12-23(2)3)44-32(22-38-29)39-24(4)25-9-8-10-27(20-25)40-33(43)26-13-14-30(28(21-26)34(35,36)37)42-18-16-41(5)17-19-42;1-3-2/h8-11,13-15,20-24,32,39,44H,6-7,12,16-19H2,1-5H3,(H,40,43);3H2,1-2H3/b29-11+,31-15-;. The van der Waals surface area contributed by atoms with Crippen LogP contribution in [0, 0.1) is 5.92 Å². The van der Waals surface area contributed by atoms with Gasteiger partial charge in [0.2, 0.25) is 0 Å². The van der Waals surface area contributed by atoms with Crippen LogP contribution in [0.3, 0.4) is 0 Å². The SMILES string of the molecule is CCC.CCC/C=C1/N=CC(NC(C)c2cccc(NC(=O)c3ccc(N4CCN(C)CC4)c(C(F)(F)F)c3)c2)P/C1=C\CC(C)C. The van der Waals surface area contributed by atoms with Gasteiger partial charge in [-0.05, 0) is 73.9 Å². The Balaban J connectivity index is 0.00000192. The molecule has 0 aliphatic carbocycles. The monoisotopic (exact) mass is 671 g/mol. The highest BCUT2D eigenvalue weighted by molar-refractivity contribution is 7.45. The molecule has 0 spiro atoms. The summed E-state index contributed by atoms with van der Waals surface area (Å²) in [5.41, 5.74) is 1.87. The van der Waals surface area contributed by atoms with Crippen LogP contribution in [0.5, 0.6) is 0 Å². The van der Waals surface area contributed by atoms with Crippen molar-refractivity contribution in [3.63, 3.8) is 0 Å². The first-order valence-corrected chi connectivity index (χ1v) is 18.0. The second-order valence-corrected chi connectivity index (χ2v) is 14.2. The molecule has 0 radical (unpaired) electrons. The van der Waals surface area contributed by atoms with E-state index in [9.17, 15) is 18.0 Å². The Hall–Kier alpha value is -3.00. The Morgan fingerprint density at radius 2 is 1.74 bits per heavy atom. The predicted octanol–water partition coefficient (Wildman–Crippen LogP) is 9.48. The number of allylic oxidation sites excluding steroid dienone is 3. The molecular weight excluding hydrogens is 618 g/mol. The first kappa shape index (κ1) is 38.4. The summed E-state index contributed by atoms with van der Waals surface area (Å²) < 4.78 is 42.2. The van der Waals surface area contributed by atoms with Crippen LogP contribution in [-0.2, 0) is 6.18 Å². The first-order chi connectivity index (χ1) is 22.4. The molecule has 0 bridgehead atoms. The molecule has 1 fully saturated rings. The molecule has 6 nitrogen and oxygen atoms in total. The third-order valence-corrected chi connectivity index (χ3v) is 9.25. The lowest BCUT2D eigenvalue weighted by atomic mass is 10.0. The Morgan fingerprint density at radius 1 is 1.04 bits per heavy atom. The van der Waals surface area contributed by atoms with Gasteiger partial charge in [0, 0.05) is 55.4 Å². The molecule has 2 aliphatic heterocycles. The number of aliphatic imine (C=N–C) groups is 1. The summed E-state index contributed by atoms with van der Waals surface area (Å²) >= 11 is 0. The van der Waals surface area contributed by atoms with E-state index >= 15 is 0 Å². The summed E-state index contributed by atoms with van der Waals surface area (Å²) in [4.78, 5) is 21.7. The Kier molecular flexibility index (Phi) is 15.1. The van der Waals surface area contributed by atoms with E-state index in [-0.39, 0.29) is 23.1 Å². The van der Waals surface area contributed by atoms with Crippen molar-refractivity contribution in [1.82, 2.24) is 10.2 Å². The zero-order valence-corrected chi connectivity index (χ0v) is 30.0. The van der Waals surface area contributed by atoms with Gasteiger partial charge in [-0.1, -0.05) is 80.3 Å². The number of alkyl halides is 3. The lowest BCUT2D eigenvalue weighted by Gasteiger charge is -2.35. The second-order valence-electron chi connectivity index (χ2n) is 12.7. The lowest BCUT2D eigenvalue weighted by Crippen LogP contribution is -2.45. The fourth-order valence-corrected chi connectivity index (χ4v) is 6.60. The van der Waals surface area contributed by atoms with Gasteiger partial charge < -0.3 is 15.1 Å². The van der Waals surface area contributed by atoms with Crippen molar-refractivity contribution in [2.45, 2.75) is 85.2 Å². The van der Waals surface area contributed by atoms with Crippen LogP contribution < -0.4 is 15.5 Å². The number of nitrogens with one attached hydrogen (secondary N) is 2. The Labute approximate surface area is 281 Å². The van der Waals surface area contributed by atoms with E-state index in [4.69, 9.17) is 4.99 Å². The highest BCUT2D eigenvalue weighted by atomic mass is 31.1. The number of nitrogens with zero attached hydrogens (tertiary/aromatic N) is 3. The van der Waals surface area contributed by atoms with Gasteiger partial charge in [-0.25, -0.2) is 0 Å². The highest BCUT2D eigenvalue weighted by Crippen LogP contribution is 2.40. The van der Waals surface area contributed by atoms with Crippen molar-refractivity contribution < 1.29 is 18.0 Å². The fraction of sp³-hybridized carbons (Fsp3) is 0.514. The molecule has 0 aromatic heterocycles. The van der Waals surface area contributed by atoms with E-state index in [1.165, 1.54) is 23.9 Å².